The molecule has 3 unspecified atom stereocenters. The maximum atomic E-state index is 17.2. The Bertz CT molecular complexity index is 3190. The minimum atomic E-state index is -1.01. The van der Waals surface area contributed by atoms with Crippen molar-refractivity contribution in [3.63, 3.8) is 0 Å². The number of hydrogen-bond acceptors (Lipinski definition) is 15. The molecule has 76 heavy (non-hydrogen) atoms. The molecular formula is C56H60F2N10O8. The van der Waals surface area contributed by atoms with Gasteiger partial charge in [-0.05, 0) is 100 Å². The molecule has 6 aliphatic heterocycles. The summed E-state index contributed by atoms with van der Waals surface area (Å²) >= 11 is 0. The number of phenolic OH excluding ortho intramolecular Hbond substituents is 1. The number of unbranched alkanes of at least 4 members (excludes halogenated alkanes) is 5. The average molecular weight is 1040 g/mol. The number of anilines is 2. The first kappa shape index (κ1) is 50.6. The van der Waals surface area contributed by atoms with Crippen molar-refractivity contribution in [2.45, 2.75) is 120 Å². The number of halogens is 2. The van der Waals surface area contributed by atoms with Gasteiger partial charge in [-0.3, -0.25) is 39.3 Å². The van der Waals surface area contributed by atoms with Crippen molar-refractivity contribution in [3.8, 4) is 35.4 Å². The molecular weight excluding hydrogens is 979 g/mol. The van der Waals surface area contributed by atoms with Crippen LogP contribution < -0.4 is 30.9 Å². The van der Waals surface area contributed by atoms with Crippen LogP contribution in [0.1, 0.15) is 116 Å². The van der Waals surface area contributed by atoms with Gasteiger partial charge in [-0.1, -0.05) is 43.7 Å². The lowest BCUT2D eigenvalue weighted by molar-refractivity contribution is -0.136. The van der Waals surface area contributed by atoms with Crippen LogP contribution in [0.2, 0.25) is 0 Å². The van der Waals surface area contributed by atoms with Gasteiger partial charge in [0.25, 0.3) is 11.8 Å². The van der Waals surface area contributed by atoms with Gasteiger partial charge in [0.1, 0.15) is 47.9 Å². The Morgan fingerprint density at radius 1 is 0.921 bits per heavy atom. The van der Waals surface area contributed by atoms with Crippen LogP contribution in [0.15, 0.2) is 48.7 Å². The summed E-state index contributed by atoms with van der Waals surface area (Å²) in [4.78, 5) is 83.1. The van der Waals surface area contributed by atoms with Crippen LogP contribution in [0, 0.1) is 24.0 Å². The van der Waals surface area contributed by atoms with E-state index < -0.39 is 47.4 Å². The standard InChI is InChI=1S/C56H60F2N10O8/c1-2-37-41(57)16-13-32-25-36(69)26-39(45(32)37)48-47(58)49-40(27-61-48)50(66-28-33-14-15-34(29-66)62-33)65-54(64-49)76-31-56-20-10-24-67(56)35(19-21-56)30-75-55(74)60-23-8-6-4-3-5-7-22-59-42-12-9-11-38-46(42)53(73)68(52(38)72)43-17-18-44(70)63-51(43)71/h1,9,11-13,16,25-27,33-35,43,59,62,69H,3-8,10,14-15,17-24,28-31H2,(H,60,74)(H,63,70,71)/t33?,34?,35-,43?,56-/m0/s1. The molecule has 5 amide bonds. The smallest absolute Gasteiger partial charge is 0.407 e. The molecule has 0 aliphatic carbocycles. The van der Waals surface area contributed by atoms with Crippen LogP contribution in [-0.2, 0) is 14.3 Å². The number of imide groups is 2. The van der Waals surface area contributed by atoms with Gasteiger partial charge in [-0.25, -0.2) is 13.6 Å². The Morgan fingerprint density at radius 3 is 2.50 bits per heavy atom. The number of aromatic nitrogens is 3. The Labute approximate surface area is 437 Å². The average Bonchev–Trinajstić information content (AvgIpc) is 4.15. The third kappa shape index (κ3) is 9.70. The van der Waals surface area contributed by atoms with E-state index in [1.807, 2.05) is 0 Å². The summed E-state index contributed by atoms with van der Waals surface area (Å²) in [6, 6.07) is 10.0. The van der Waals surface area contributed by atoms with Crippen LogP contribution in [0.25, 0.3) is 32.9 Å². The summed E-state index contributed by atoms with van der Waals surface area (Å²) in [6.07, 6.45) is 17.9. The monoisotopic (exact) mass is 1040 g/mol. The number of benzene rings is 3. The number of amides is 5. The second-order valence-corrected chi connectivity index (χ2v) is 21.0. The lowest BCUT2D eigenvalue weighted by Crippen LogP contribution is -2.54. The number of piperidine rings is 1. The Kier molecular flexibility index (Phi) is 14.2. The second kappa shape index (κ2) is 21.3. The van der Waals surface area contributed by atoms with Gasteiger partial charge < -0.3 is 35.4 Å². The fourth-order valence-electron chi connectivity index (χ4n) is 12.5. The second-order valence-electron chi connectivity index (χ2n) is 21.0. The molecule has 0 radical (unpaired) electrons. The molecule has 0 spiro atoms. The number of pyridine rings is 1. The van der Waals surface area contributed by atoms with E-state index in [1.54, 1.807) is 18.2 Å². The molecule has 5 fully saturated rings. The molecule has 11 rings (SSSR count). The lowest BCUT2D eigenvalue weighted by Gasteiger charge is -2.35. The third-order valence-electron chi connectivity index (χ3n) is 16.2. The quantitative estimate of drug-likeness (QED) is 0.0350. The van der Waals surface area contributed by atoms with Crippen molar-refractivity contribution in [2.24, 2.45) is 0 Å². The highest BCUT2D eigenvalue weighted by atomic mass is 19.1. The minimum absolute atomic E-state index is 0.00464. The molecule has 2 bridgehead atoms. The zero-order chi connectivity index (χ0) is 52.7. The largest absolute Gasteiger partial charge is 0.508 e. The lowest BCUT2D eigenvalue weighted by atomic mass is 9.95. The van der Waals surface area contributed by atoms with Crippen LogP contribution in [-0.4, -0.2) is 135 Å². The van der Waals surface area contributed by atoms with Crippen LogP contribution in [0.4, 0.5) is 25.1 Å². The Morgan fingerprint density at radius 2 is 1.71 bits per heavy atom. The van der Waals surface area contributed by atoms with Gasteiger partial charge in [0, 0.05) is 73.6 Å². The Balaban J connectivity index is 0.658. The molecule has 2 aromatic heterocycles. The number of rotatable bonds is 18. The van der Waals surface area contributed by atoms with Gasteiger partial charge >= 0.3 is 12.1 Å². The van der Waals surface area contributed by atoms with Gasteiger partial charge in [0.2, 0.25) is 11.8 Å². The number of fused-ring (bicyclic) bond motifs is 6. The summed E-state index contributed by atoms with van der Waals surface area (Å²) in [7, 11) is 0. The van der Waals surface area contributed by atoms with E-state index in [0.717, 1.165) is 88.5 Å². The number of hydrogen-bond donors (Lipinski definition) is 5. The number of nitrogens with one attached hydrogen (secondary N) is 4. The summed E-state index contributed by atoms with van der Waals surface area (Å²) in [6.45, 7) is 3.69. The molecule has 5 atom stereocenters. The molecule has 0 saturated carbocycles. The number of piperazine rings is 1. The molecule has 396 valence electrons. The fourth-order valence-corrected chi connectivity index (χ4v) is 12.5. The number of carbonyl (C=O) groups excluding carboxylic acids is 5. The molecule has 18 nitrogen and oxygen atoms in total. The molecule has 5 aromatic rings. The highest BCUT2D eigenvalue weighted by Crippen LogP contribution is 2.44. The highest BCUT2D eigenvalue weighted by molar-refractivity contribution is 6.25. The maximum absolute atomic E-state index is 17.2. The predicted octanol–water partition coefficient (Wildman–Crippen LogP) is 6.71. The van der Waals surface area contributed by atoms with Crippen molar-refractivity contribution in [2.75, 3.05) is 56.2 Å². The number of aromatic hydroxyl groups is 1. The zero-order valence-corrected chi connectivity index (χ0v) is 42.1. The van der Waals surface area contributed by atoms with Gasteiger partial charge in [-0.15, -0.1) is 6.42 Å². The van der Waals surface area contributed by atoms with Crippen molar-refractivity contribution in [1.82, 2.24) is 40.7 Å². The van der Waals surface area contributed by atoms with Crippen molar-refractivity contribution in [3.05, 3.63) is 77.0 Å². The normalized spacial score (nSPS) is 23.0. The van der Waals surface area contributed by atoms with E-state index in [-0.39, 0.29) is 100 Å². The van der Waals surface area contributed by atoms with Crippen molar-refractivity contribution < 1.29 is 47.3 Å². The van der Waals surface area contributed by atoms with E-state index in [2.05, 4.69) is 47.0 Å². The van der Waals surface area contributed by atoms with E-state index >= 15 is 8.78 Å². The molecule has 5 N–H and O–H groups in total. The zero-order valence-electron chi connectivity index (χ0n) is 42.1. The summed E-state index contributed by atoms with van der Waals surface area (Å²) in [5, 5.41) is 23.8. The first-order chi connectivity index (χ1) is 36.9. The highest BCUT2D eigenvalue weighted by Gasteiger charge is 2.50. The molecule has 3 aromatic carbocycles. The third-order valence-corrected chi connectivity index (χ3v) is 16.2. The first-order valence-electron chi connectivity index (χ1n) is 26.6. The minimum Gasteiger partial charge on any atom is -0.508 e. The maximum Gasteiger partial charge on any atom is 0.407 e. The fraction of sp³-hybridized carbons (Fsp3) is 0.464. The van der Waals surface area contributed by atoms with Crippen molar-refractivity contribution >= 4 is 62.9 Å². The number of ether oxygens (including phenoxy) is 2. The number of carbonyl (C=O) groups is 5. The number of nitrogens with zero attached hydrogens (tertiary/aromatic N) is 6. The van der Waals surface area contributed by atoms with E-state index in [9.17, 15) is 29.1 Å². The number of alkyl carbamates (subject to hydrolysis) is 1. The molecule has 20 heteroatoms. The Hall–Kier alpha value is -7.50. The number of terminal acetylenes is 1. The molecule has 8 heterocycles. The summed E-state index contributed by atoms with van der Waals surface area (Å²) in [5.41, 5.74) is 0.582. The van der Waals surface area contributed by atoms with Gasteiger partial charge in [-0.2, -0.15) is 9.97 Å². The molecule has 5 saturated heterocycles. The SMILES string of the molecule is C#Cc1c(F)ccc2cc(O)cc(-c3ncc4c(N5CC6CCC(C5)N6)nc(OC[C@@]56CCCN5[C@H](COC(=O)NCCCCCCCCNc5cccc7c5C(=O)N(C5CCC(=O)NC5=O)C7=O)CC6)nc4c3F)c12. The van der Waals surface area contributed by atoms with E-state index in [1.165, 1.54) is 30.5 Å². The summed E-state index contributed by atoms with van der Waals surface area (Å²) < 4.78 is 44.5. The molecule has 6 aliphatic rings. The van der Waals surface area contributed by atoms with Crippen LogP contribution in [0.3, 0.4) is 0 Å². The topological polar surface area (TPSA) is 221 Å². The number of phenols is 1. The van der Waals surface area contributed by atoms with Gasteiger partial charge in [0.05, 0.1) is 27.6 Å². The first-order valence-corrected chi connectivity index (χ1v) is 26.6. The van der Waals surface area contributed by atoms with Crippen LogP contribution >= 0.6 is 0 Å². The predicted molar refractivity (Wildman–Crippen MR) is 278 cm³/mol. The van der Waals surface area contributed by atoms with Gasteiger partial charge in [0.15, 0.2) is 5.82 Å². The van der Waals surface area contributed by atoms with Crippen LogP contribution in [0.5, 0.6) is 11.8 Å². The summed E-state index contributed by atoms with van der Waals surface area (Å²) in [5.74, 6) is -0.813. The van der Waals surface area contributed by atoms with E-state index in [4.69, 9.17) is 20.9 Å². The van der Waals surface area contributed by atoms with Crippen molar-refractivity contribution in [1.29, 1.82) is 0 Å². The van der Waals surface area contributed by atoms with E-state index in [0.29, 0.717) is 48.5 Å².